The molecule has 1 aliphatic rings. The fourth-order valence-corrected chi connectivity index (χ4v) is 4.12. The van der Waals surface area contributed by atoms with Gasteiger partial charge in [-0.3, -0.25) is 0 Å². The topological polar surface area (TPSA) is 49.3 Å². The Labute approximate surface area is 147 Å². The maximum absolute atomic E-state index is 12.1. The van der Waals surface area contributed by atoms with E-state index >= 15 is 0 Å². The van der Waals surface area contributed by atoms with Crippen molar-refractivity contribution in [1.29, 1.82) is 0 Å². The molecule has 0 saturated carbocycles. The predicted molar refractivity (Wildman–Crippen MR) is 100 cm³/mol. The summed E-state index contributed by atoms with van der Waals surface area (Å²) in [5.41, 5.74) is 2.68. The molecule has 3 nitrogen and oxygen atoms in total. The highest BCUT2D eigenvalue weighted by Gasteiger charge is 2.31. The van der Waals surface area contributed by atoms with Crippen molar-refractivity contribution in [2.75, 3.05) is 13.1 Å². The third kappa shape index (κ3) is 2.92. The highest BCUT2D eigenvalue weighted by atomic mass is 16.4. The van der Waals surface area contributed by atoms with Gasteiger partial charge in [0.15, 0.2) is 0 Å². The Hall–Kier alpha value is -2.65. The van der Waals surface area contributed by atoms with Gasteiger partial charge in [-0.25, -0.2) is 4.79 Å². The maximum atomic E-state index is 12.1. The third-order valence-electron chi connectivity index (χ3n) is 5.28. The molecule has 1 aliphatic heterocycles. The van der Waals surface area contributed by atoms with Gasteiger partial charge in [0.2, 0.25) is 0 Å². The van der Waals surface area contributed by atoms with E-state index in [-0.39, 0.29) is 5.92 Å². The van der Waals surface area contributed by atoms with Crippen molar-refractivity contribution in [1.82, 2.24) is 5.32 Å². The van der Waals surface area contributed by atoms with Gasteiger partial charge in [-0.15, -0.1) is 0 Å². The molecule has 3 heteroatoms. The molecule has 1 fully saturated rings. The van der Waals surface area contributed by atoms with Crippen LogP contribution in [0.15, 0.2) is 66.7 Å². The van der Waals surface area contributed by atoms with Gasteiger partial charge in [-0.05, 0) is 40.8 Å². The highest BCUT2D eigenvalue weighted by molar-refractivity contribution is 6.05. The van der Waals surface area contributed by atoms with Gasteiger partial charge in [-0.1, -0.05) is 66.7 Å². The standard InChI is InChI=1S/C22H21NO2/c24-22(25)21-18-9-5-4-8-16(18)10-11-19(21)20-14-23-13-12-17(20)15-6-2-1-3-7-15/h1-11,17,20,23H,12-14H2,(H,24,25)/t17-,20+/m0/s1. The highest BCUT2D eigenvalue weighted by Crippen LogP contribution is 2.40. The Balaban J connectivity index is 1.87. The molecule has 3 aromatic carbocycles. The number of carboxylic acids is 1. The van der Waals surface area contributed by atoms with E-state index in [1.54, 1.807) is 0 Å². The first-order chi connectivity index (χ1) is 12.3. The van der Waals surface area contributed by atoms with Crippen molar-refractivity contribution in [3.63, 3.8) is 0 Å². The van der Waals surface area contributed by atoms with E-state index in [0.717, 1.165) is 35.8 Å². The average Bonchev–Trinajstić information content (AvgIpc) is 2.67. The van der Waals surface area contributed by atoms with Gasteiger partial charge in [0.1, 0.15) is 0 Å². The average molecular weight is 331 g/mol. The molecule has 3 aromatic rings. The quantitative estimate of drug-likeness (QED) is 0.748. The van der Waals surface area contributed by atoms with Crippen LogP contribution < -0.4 is 5.32 Å². The van der Waals surface area contributed by atoms with Crippen molar-refractivity contribution >= 4 is 16.7 Å². The molecule has 25 heavy (non-hydrogen) atoms. The Kier molecular flexibility index (Phi) is 4.24. The monoisotopic (exact) mass is 331 g/mol. The second-order valence-electron chi connectivity index (χ2n) is 6.67. The Bertz CT molecular complexity index is 904. The van der Waals surface area contributed by atoms with E-state index < -0.39 is 5.97 Å². The van der Waals surface area contributed by atoms with Crippen LogP contribution >= 0.6 is 0 Å². The minimum atomic E-state index is -0.843. The van der Waals surface area contributed by atoms with Crippen LogP contribution in [0.25, 0.3) is 10.8 Å². The second kappa shape index (κ2) is 6.69. The Morgan fingerprint density at radius 2 is 1.68 bits per heavy atom. The SMILES string of the molecule is O=C(O)c1c([C@@H]2CNCC[C@H]2c2ccccc2)ccc2ccccc12. The van der Waals surface area contributed by atoms with Crippen molar-refractivity contribution in [2.45, 2.75) is 18.3 Å². The van der Waals surface area contributed by atoms with Crippen LogP contribution in [0.3, 0.4) is 0 Å². The van der Waals surface area contributed by atoms with Crippen molar-refractivity contribution in [3.05, 3.63) is 83.4 Å². The number of carboxylic acid groups (broad SMARTS) is 1. The van der Waals surface area contributed by atoms with Gasteiger partial charge in [-0.2, -0.15) is 0 Å². The first kappa shape index (κ1) is 15.9. The molecule has 0 aliphatic carbocycles. The summed E-state index contributed by atoms with van der Waals surface area (Å²) in [7, 11) is 0. The third-order valence-corrected chi connectivity index (χ3v) is 5.28. The van der Waals surface area contributed by atoms with Gasteiger partial charge >= 0.3 is 5.97 Å². The first-order valence-electron chi connectivity index (χ1n) is 8.76. The zero-order valence-electron chi connectivity index (χ0n) is 14.0. The van der Waals surface area contributed by atoms with Crippen molar-refractivity contribution in [3.8, 4) is 0 Å². The summed E-state index contributed by atoms with van der Waals surface area (Å²) in [5, 5.41) is 15.2. The van der Waals surface area contributed by atoms with Crippen LogP contribution in [0.1, 0.15) is 39.7 Å². The van der Waals surface area contributed by atoms with Crippen molar-refractivity contribution < 1.29 is 9.90 Å². The molecular formula is C22H21NO2. The molecule has 2 N–H and O–H groups in total. The van der Waals surface area contributed by atoms with Gasteiger partial charge < -0.3 is 10.4 Å². The molecule has 0 aromatic heterocycles. The van der Waals surface area contributed by atoms with Crippen LogP contribution in [-0.2, 0) is 0 Å². The van der Waals surface area contributed by atoms with Gasteiger partial charge in [0.25, 0.3) is 0 Å². The van der Waals surface area contributed by atoms with E-state index in [0.29, 0.717) is 11.5 Å². The lowest BCUT2D eigenvalue weighted by atomic mass is 9.75. The van der Waals surface area contributed by atoms with Crippen LogP contribution in [0.5, 0.6) is 0 Å². The lowest BCUT2D eigenvalue weighted by Gasteiger charge is -2.34. The van der Waals surface area contributed by atoms with E-state index in [9.17, 15) is 9.90 Å². The van der Waals surface area contributed by atoms with Gasteiger partial charge in [0.05, 0.1) is 5.56 Å². The maximum Gasteiger partial charge on any atom is 0.336 e. The predicted octanol–water partition coefficient (Wildman–Crippen LogP) is 4.40. The number of rotatable bonds is 3. The molecule has 126 valence electrons. The largest absolute Gasteiger partial charge is 0.478 e. The summed E-state index contributed by atoms with van der Waals surface area (Å²) in [6.45, 7) is 1.77. The number of nitrogens with one attached hydrogen (secondary N) is 1. The summed E-state index contributed by atoms with van der Waals surface area (Å²) in [6.07, 6.45) is 1.01. The normalized spacial score (nSPS) is 20.5. The fraction of sp³-hybridized carbons (Fsp3) is 0.227. The summed E-state index contributed by atoms with van der Waals surface area (Å²) >= 11 is 0. The Morgan fingerprint density at radius 1 is 0.920 bits per heavy atom. The molecule has 1 heterocycles. The molecule has 0 radical (unpaired) electrons. The van der Waals surface area contributed by atoms with Crippen LogP contribution in [-0.4, -0.2) is 24.2 Å². The molecule has 0 amide bonds. The molecular weight excluding hydrogens is 310 g/mol. The number of carbonyl (C=O) groups is 1. The zero-order valence-corrected chi connectivity index (χ0v) is 14.0. The molecule has 4 rings (SSSR count). The summed E-state index contributed by atoms with van der Waals surface area (Å²) in [4.78, 5) is 12.1. The summed E-state index contributed by atoms with van der Waals surface area (Å²) < 4.78 is 0. The van der Waals surface area contributed by atoms with Crippen LogP contribution in [0.4, 0.5) is 0 Å². The number of hydrogen-bond donors (Lipinski definition) is 2. The molecule has 1 saturated heterocycles. The van der Waals surface area contributed by atoms with E-state index in [1.165, 1.54) is 5.56 Å². The minimum Gasteiger partial charge on any atom is -0.478 e. The summed E-state index contributed by atoms with van der Waals surface area (Å²) in [6, 6.07) is 22.3. The minimum absolute atomic E-state index is 0.159. The Morgan fingerprint density at radius 3 is 2.48 bits per heavy atom. The number of benzene rings is 3. The molecule has 0 unspecified atom stereocenters. The molecule has 2 atom stereocenters. The van der Waals surface area contributed by atoms with Gasteiger partial charge in [0, 0.05) is 12.5 Å². The number of hydrogen-bond acceptors (Lipinski definition) is 2. The smallest absolute Gasteiger partial charge is 0.336 e. The molecule has 0 bridgehead atoms. The second-order valence-corrected chi connectivity index (χ2v) is 6.67. The lowest BCUT2D eigenvalue weighted by Crippen LogP contribution is -2.34. The lowest BCUT2D eigenvalue weighted by molar-refractivity contribution is 0.0697. The van der Waals surface area contributed by atoms with E-state index in [4.69, 9.17) is 0 Å². The van der Waals surface area contributed by atoms with Crippen LogP contribution in [0, 0.1) is 0 Å². The first-order valence-corrected chi connectivity index (χ1v) is 8.76. The molecule has 0 spiro atoms. The fourth-order valence-electron chi connectivity index (χ4n) is 4.12. The van der Waals surface area contributed by atoms with Crippen LogP contribution in [0.2, 0.25) is 0 Å². The van der Waals surface area contributed by atoms with E-state index in [1.807, 2.05) is 42.5 Å². The summed E-state index contributed by atoms with van der Waals surface area (Å²) in [5.74, 6) is -0.349. The number of fused-ring (bicyclic) bond motifs is 1. The van der Waals surface area contributed by atoms with E-state index in [2.05, 4.69) is 29.6 Å². The van der Waals surface area contributed by atoms with Crippen molar-refractivity contribution in [2.24, 2.45) is 0 Å². The number of aromatic carboxylic acids is 1. The zero-order chi connectivity index (χ0) is 17.2. The number of piperidine rings is 1.